The normalized spacial score (nSPS) is 11.7. The van der Waals surface area contributed by atoms with Gasteiger partial charge in [0.25, 0.3) is 0 Å². The number of hydrogen-bond donors (Lipinski definition) is 0. The Labute approximate surface area is 309 Å². The topological polar surface area (TPSA) is 54.0 Å². The van der Waals surface area contributed by atoms with E-state index in [4.69, 9.17) is 19.9 Å². The van der Waals surface area contributed by atoms with Gasteiger partial charge in [-0.1, -0.05) is 152 Å². The number of rotatable bonds is 5. The van der Waals surface area contributed by atoms with Crippen molar-refractivity contribution in [3.63, 3.8) is 0 Å². The van der Waals surface area contributed by atoms with E-state index in [2.05, 4.69) is 146 Å². The molecule has 236 valence electrons. The average Bonchev–Trinajstić information content (AvgIpc) is 4.00. The molecular weight excluding hydrogens is 674 g/mol. The van der Waals surface area contributed by atoms with E-state index in [1.54, 1.807) is 0 Å². The molecule has 0 atom stereocenters. The Hall–Kier alpha value is -6.16. The summed E-state index contributed by atoms with van der Waals surface area (Å²) in [6.07, 6.45) is 10.3. The van der Waals surface area contributed by atoms with Gasteiger partial charge < -0.3 is 9.97 Å². The van der Waals surface area contributed by atoms with Crippen molar-refractivity contribution in [2.75, 3.05) is 0 Å². The third-order valence-corrected chi connectivity index (χ3v) is 9.22. The second-order valence-electron chi connectivity index (χ2n) is 12.3. The molecule has 0 saturated carbocycles. The standard InChI is InChI=1S/C46H30N4.Zn/c1-2-30-29-41-44(33-19-11-5-12-20-33)39-26-25-37(48-39)42(31-15-7-3-8-16-31)35-23-24-36(47-35)43(32-17-9-4-10-18-32)38-27-28-40(49-38)45(46(30)50-41)34-21-13-6-14-22-34;/h2-29H,1H2;/q-2;+2. The maximum Gasteiger partial charge on any atom is 2.00 e. The van der Waals surface area contributed by atoms with E-state index in [1.807, 2.05) is 30.3 Å². The molecule has 2 aliphatic rings. The molecule has 0 fully saturated rings. The van der Waals surface area contributed by atoms with Crippen molar-refractivity contribution in [2.45, 2.75) is 0 Å². The summed E-state index contributed by atoms with van der Waals surface area (Å²) >= 11 is 0. The third-order valence-electron chi connectivity index (χ3n) is 9.22. The van der Waals surface area contributed by atoms with Gasteiger partial charge in [-0.3, -0.25) is 0 Å². The van der Waals surface area contributed by atoms with Gasteiger partial charge in [-0.2, -0.15) is 0 Å². The van der Waals surface area contributed by atoms with E-state index < -0.39 is 0 Å². The summed E-state index contributed by atoms with van der Waals surface area (Å²) in [5.41, 5.74) is 15.6. The molecule has 0 spiro atoms. The minimum Gasteiger partial charge on any atom is -0.657 e. The first-order chi connectivity index (χ1) is 24.7. The van der Waals surface area contributed by atoms with Gasteiger partial charge >= 0.3 is 19.5 Å². The smallest absolute Gasteiger partial charge is 0.657 e. The molecule has 0 saturated heterocycles. The van der Waals surface area contributed by atoms with Gasteiger partial charge in [0.2, 0.25) is 0 Å². The largest absolute Gasteiger partial charge is 2.00 e. The molecule has 2 aliphatic heterocycles. The van der Waals surface area contributed by atoms with E-state index in [-0.39, 0.29) is 19.5 Å². The Balaban J connectivity index is 0.00000374. The first kappa shape index (κ1) is 32.1. The van der Waals surface area contributed by atoms with E-state index in [0.29, 0.717) is 0 Å². The van der Waals surface area contributed by atoms with Crippen LogP contribution in [0.2, 0.25) is 0 Å². The van der Waals surface area contributed by atoms with Crippen LogP contribution in [-0.2, 0) is 19.5 Å². The zero-order valence-electron chi connectivity index (χ0n) is 27.9. The second kappa shape index (κ2) is 13.6. The number of fused-ring (bicyclic) bond motifs is 8. The molecule has 5 heteroatoms. The van der Waals surface area contributed by atoms with Crippen molar-refractivity contribution < 1.29 is 19.5 Å². The van der Waals surface area contributed by atoms with Gasteiger partial charge in [0.1, 0.15) is 0 Å². The molecule has 0 unspecified atom stereocenters. The van der Waals surface area contributed by atoms with Crippen molar-refractivity contribution >= 4 is 52.4 Å². The van der Waals surface area contributed by atoms with Crippen LogP contribution in [0.4, 0.5) is 0 Å². The predicted molar refractivity (Wildman–Crippen MR) is 209 cm³/mol. The van der Waals surface area contributed by atoms with Gasteiger partial charge in [0, 0.05) is 0 Å². The molecule has 9 rings (SSSR count). The SMILES string of the molecule is C=Cc1cc2[n-]c1c(-c1ccccc1)c1nc(c(-c3ccccc3)c3ccc([n-]3)c(-c3ccccc3)c3nc(c2-c2ccccc2)C=C3)C=C1.[Zn+2]. The maximum atomic E-state index is 5.41. The molecule has 7 aromatic rings. The molecule has 4 aromatic carbocycles. The van der Waals surface area contributed by atoms with Gasteiger partial charge in [-0.05, 0) is 74.4 Å². The molecule has 4 nitrogen and oxygen atoms in total. The molecule has 51 heavy (non-hydrogen) atoms. The molecule has 3 aromatic heterocycles. The second-order valence-corrected chi connectivity index (χ2v) is 12.3. The molecule has 0 aliphatic carbocycles. The fourth-order valence-electron chi connectivity index (χ4n) is 6.94. The van der Waals surface area contributed by atoms with Gasteiger partial charge in [-0.25, -0.2) is 9.97 Å². The van der Waals surface area contributed by atoms with Gasteiger partial charge in [0.05, 0.1) is 22.8 Å². The van der Waals surface area contributed by atoms with Crippen LogP contribution in [0.15, 0.2) is 146 Å². The summed E-state index contributed by atoms with van der Waals surface area (Å²) in [4.78, 5) is 21.4. The number of aromatic nitrogens is 4. The molecule has 0 amide bonds. The monoisotopic (exact) mass is 702 g/mol. The van der Waals surface area contributed by atoms with E-state index in [9.17, 15) is 0 Å². The van der Waals surface area contributed by atoms with Gasteiger partial charge in [0.15, 0.2) is 0 Å². The Morgan fingerprint density at radius 1 is 0.412 bits per heavy atom. The number of benzene rings is 4. The van der Waals surface area contributed by atoms with Crippen molar-refractivity contribution in [1.82, 2.24) is 19.9 Å². The Kier molecular flexibility index (Phi) is 8.57. The summed E-state index contributed by atoms with van der Waals surface area (Å²) in [5.74, 6) is 0. The first-order valence-electron chi connectivity index (χ1n) is 16.7. The van der Waals surface area contributed by atoms with E-state index in [1.165, 1.54) is 0 Å². The summed E-state index contributed by atoms with van der Waals surface area (Å²) in [6, 6.07) is 47.8. The minimum absolute atomic E-state index is 0. The van der Waals surface area contributed by atoms with Crippen LogP contribution in [0.1, 0.15) is 28.3 Å². The Morgan fingerprint density at radius 2 is 0.765 bits per heavy atom. The maximum absolute atomic E-state index is 5.41. The summed E-state index contributed by atoms with van der Waals surface area (Å²) in [6.45, 7) is 4.23. The molecular formula is C46H30N4Zn. The number of nitrogens with zero attached hydrogens (tertiary/aromatic N) is 4. The van der Waals surface area contributed by atoms with Gasteiger partial charge in [-0.15, -0.1) is 22.1 Å². The molecule has 5 heterocycles. The Morgan fingerprint density at radius 3 is 1.16 bits per heavy atom. The molecule has 8 bridgehead atoms. The zero-order valence-corrected chi connectivity index (χ0v) is 30.8. The summed E-state index contributed by atoms with van der Waals surface area (Å²) < 4.78 is 0. The first-order valence-corrected chi connectivity index (χ1v) is 16.7. The van der Waals surface area contributed by atoms with Crippen LogP contribution in [0.5, 0.6) is 0 Å². The minimum atomic E-state index is 0. The van der Waals surface area contributed by atoms with Crippen LogP contribution in [-0.4, -0.2) is 9.97 Å². The fourth-order valence-corrected chi connectivity index (χ4v) is 6.94. The predicted octanol–water partition coefficient (Wildman–Crippen LogP) is 11.2. The number of hydrogen-bond acceptors (Lipinski definition) is 2. The third kappa shape index (κ3) is 5.82. The van der Waals surface area contributed by atoms with Crippen molar-refractivity contribution in [3.8, 4) is 44.5 Å². The quantitative estimate of drug-likeness (QED) is 0.167. The van der Waals surface area contributed by atoms with Crippen molar-refractivity contribution in [1.29, 1.82) is 0 Å². The van der Waals surface area contributed by atoms with Crippen LogP contribution >= 0.6 is 0 Å². The fraction of sp³-hybridized carbons (Fsp3) is 0. The Bertz CT molecular complexity index is 2630. The molecule has 0 radical (unpaired) electrons. The summed E-state index contributed by atoms with van der Waals surface area (Å²) in [5, 5.41) is 0. The van der Waals surface area contributed by atoms with Crippen molar-refractivity contribution in [3.05, 3.63) is 174 Å². The molecule has 0 N–H and O–H groups in total. The summed E-state index contributed by atoms with van der Waals surface area (Å²) in [7, 11) is 0. The van der Waals surface area contributed by atoms with Crippen LogP contribution < -0.4 is 9.97 Å². The van der Waals surface area contributed by atoms with Crippen LogP contribution in [0, 0.1) is 0 Å². The van der Waals surface area contributed by atoms with Crippen molar-refractivity contribution in [2.24, 2.45) is 0 Å². The van der Waals surface area contributed by atoms with E-state index >= 15 is 0 Å². The van der Waals surface area contributed by atoms with E-state index in [0.717, 1.165) is 94.9 Å². The van der Waals surface area contributed by atoms with Crippen LogP contribution in [0.25, 0.3) is 97.0 Å². The zero-order chi connectivity index (χ0) is 33.4. The average molecular weight is 704 g/mol. The van der Waals surface area contributed by atoms with Crippen LogP contribution in [0.3, 0.4) is 0 Å².